The highest BCUT2D eigenvalue weighted by atomic mass is 19.3. The maximum absolute atomic E-state index is 14.0. The van der Waals surface area contributed by atoms with Crippen LogP contribution in [0.1, 0.15) is 78.7 Å². The molecule has 2 atom stereocenters. The Bertz CT molecular complexity index is 1480. The number of ether oxygens (including phenoxy) is 1. The normalized spacial score (nSPS) is 23.8. The largest absolute Gasteiger partial charge is 0.381 e. The van der Waals surface area contributed by atoms with E-state index in [0.29, 0.717) is 43.1 Å². The molecule has 3 N–H and O–H groups in total. The molecular weight excluding hydrogens is 562 g/mol. The summed E-state index contributed by atoms with van der Waals surface area (Å²) in [6.45, 7) is 2.04. The number of aromatic nitrogens is 5. The van der Waals surface area contributed by atoms with Gasteiger partial charge < -0.3 is 20.4 Å². The molecule has 2 saturated carbocycles. The SMILES string of the molecule is Cc1nonc1C(=O)N[C@H](c1nc2nc(C3(C(=O)NCC4CC4(F)F)CCOCC3)ccc2[nH]1)C1CCC(F)(F)CC1. The molecule has 2 aliphatic carbocycles. The van der Waals surface area contributed by atoms with Crippen molar-refractivity contribution in [2.45, 2.75) is 75.2 Å². The predicted octanol–water partition coefficient (Wildman–Crippen LogP) is 3.77. The zero-order chi connectivity index (χ0) is 29.7. The molecule has 11 nitrogen and oxygen atoms in total. The number of amides is 2. The van der Waals surface area contributed by atoms with Crippen molar-refractivity contribution in [3.8, 4) is 0 Å². The van der Waals surface area contributed by atoms with Crippen LogP contribution in [0, 0.1) is 18.8 Å². The number of fused-ring (bicyclic) bond motifs is 1. The smallest absolute Gasteiger partial charge is 0.276 e. The summed E-state index contributed by atoms with van der Waals surface area (Å²) in [7, 11) is 0. The summed E-state index contributed by atoms with van der Waals surface area (Å²) in [5, 5.41) is 12.8. The second-order valence-electron chi connectivity index (χ2n) is 11.6. The average Bonchev–Trinajstić information content (AvgIpc) is 3.27. The van der Waals surface area contributed by atoms with Crippen molar-refractivity contribution in [1.29, 1.82) is 0 Å². The average molecular weight is 594 g/mol. The van der Waals surface area contributed by atoms with Crippen LogP contribution in [0.25, 0.3) is 11.2 Å². The number of carbonyl (C=O) groups is 2. The molecule has 1 unspecified atom stereocenters. The Morgan fingerprint density at radius 3 is 2.43 bits per heavy atom. The van der Waals surface area contributed by atoms with E-state index in [0.717, 1.165) is 0 Å². The number of nitrogens with one attached hydrogen (secondary N) is 3. The Hall–Kier alpha value is -3.62. The zero-order valence-corrected chi connectivity index (χ0v) is 22.9. The van der Waals surface area contributed by atoms with Gasteiger partial charge >= 0.3 is 0 Å². The van der Waals surface area contributed by atoms with Crippen LogP contribution in [0.5, 0.6) is 0 Å². The third kappa shape index (κ3) is 5.45. The summed E-state index contributed by atoms with van der Waals surface area (Å²) in [5.41, 5.74) is 0.397. The van der Waals surface area contributed by atoms with Crippen molar-refractivity contribution in [2.75, 3.05) is 19.8 Å². The molecule has 0 bridgehead atoms. The van der Waals surface area contributed by atoms with Gasteiger partial charge in [0.05, 0.1) is 22.7 Å². The van der Waals surface area contributed by atoms with Crippen LogP contribution < -0.4 is 10.6 Å². The van der Waals surface area contributed by atoms with Gasteiger partial charge in [-0.2, -0.15) is 0 Å². The predicted molar refractivity (Wildman–Crippen MR) is 138 cm³/mol. The lowest BCUT2D eigenvalue weighted by molar-refractivity contribution is -0.130. The van der Waals surface area contributed by atoms with E-state index in [-0.39, 0.29) is 67.5 Å². The number of aryl methyl sites for hydroxylation is 1. The van der Waals surface area contributed by atoms with Crippen molar-refractivity contribution in [3.63, 3.8) is 0 Å². The molecular formula is C27H31F4N7O4. The highest BCUT2D eigenvalue weighted by Gasteiger charge is 2.57. The molecule has 3 aliphatic rings. The van der Waals surface area contributed by atoms with Crippen LogP contribution in [0.2, 0.25) is 0 Å². The molecule has 15 heteroatoms. The fraction of sp³-hybridized carbons (Fsp3) is 0.630. The van der Waals surface area contributed by atoms with Gasteiger partial charge in [0.25, 0.3) is 11.8 Å². The van der Waals surface area contributed by atoms with E-state index in [1.54, 1.807) is 19.1 Å². The zero-order valence-electron chi connectivity index (χ0n) is 22.9. The van der Waals surface area contributed by atoms with Crippen molar-refractivity contribution >= 4 is 23.0 Å². The van der Waals surface area contributed by atoms with E-state index in [9.17, 15) is 27.2 Å². The number of alkyl halides is 4. The third-order valence-electron chi connectivity index (χ3n) is 8.78. The monoisotopic (exact) mass is 593 g/mol. The maximum Gasteiger partial charge on any atom is 0.276 e. The van der Waals surface area contributed by atoms with Gasteiger partial charge in [-0.15, -0.1) is 0 Å². The molecule has 4 heterocycles. The molecule has 0 spiro atoms. The lowest BCUT2D eigenvalue weighted by Gasteiger charge is -2.35. The van der Waals surface area contributed by atoms with Gasteiger partial charge in [0.2, 0.25) is 11.8 Å². The number of rotatable bonds is 8. The van der Waals surface area contributed by atoms with Gasteiger partial charge in [-0.05, 0) is 55.8 Å². The van der Waals surface area contributed by atoms with Crippen molar-refractivity contribution in [1.82, 2.24) is 35.9 Å². The number of pyridine rings is 1. The highest BCUT2D eigenvalue weighted by molar-refractivity contribution is 5.93. The summed E-state index contributed by atoms with van der Waals surface area (Å²) >= 11 is 0. The molecule has 3 aromatic rings. The summed E-state index contributed by atoms with van der Waals surface area (Å²) in [5.74, 6) is -7.37. The quantitative estimate of drug-likeness (QED) is 0.335. The molecule has 1 saturated heterocycles. The van der Waals surface area contributed by atoms with Crippen LogP contribution in [0.15, 0.2) is 16.8 Å². The number of H-pyrrole nitrogens is 1. The molecule has 0 radical (unpaired) electrons. The van der Waals surface area contributed by atoms with Gasteiger partial charge in [-0.25, -0.2) is 32.2 Å². The second kappa shape index (κ2) is 10.6. The Balaban J connectivity index is 1.29. The van der Waals surface area contributed by atoms with Gasteiger partial charge in [-0.3, -0.25) is 9.59 Å². The number of nitrogens with zero attached hydrogens (tertiary/aromatic N) is 4. The molecule has 1 aliphatic heterocycles. The Morgan fingerprint density at radius 2 is 1.79 bits per heavy atom. The van der Waals surface area contributed by atoms with E-state index in [2.05, 4.69) is 35.5 Å². The third-order valence-corrected chi connectivity index (χ3v) is 8.78. The minimum Gasteiger partial charge on any atom is -0.381 e. The Kier molecular flexibility index (Phi) is 7.18. The second-order valence-corrected chi connectivity index (χ2v) is 11.6. The van der Waals surface area contributed by atoms with E-state index in [1.807, 2.05) is 0 Å². The number of aromatic amines is 1. The van der Waals surface area contributed by atoms with Crippen LogP contribution >= 0.6 is 0 Å². The summed E-state index contributed by atoms with van der Waals surface area (Å²) in [4.78, 5) is 39.0. The molecule has 3 aromatic heterocycles. The fourth-order valence-corrected chi connectivity index (χ4v) is 5.97. The number of carbonyl (C=O) groups excluding carboxylic acids is 2. The molecule has 6 rings (SSSR count). The first-order valence-electron chi connectivity index (χ1n) is 14.1. The number of hydrogen-bond acceptors (Lipinski definition) is 8. The van der Waals surface area contributed by atoms with E-state index in [4.69, 9.17) is 9.72 Å². The number of halogens is 4. The number of imidazole rings is 1. The minimum absolute atomic E-state index is 0.0194. The van der Waals surface area contributed by atoms with Gasteiger partial charge in [0.15, 0.2) is 11.3 Å². The van der Waals surface area contributed by atoms with Crippen molar-refractivity contribution in [2.24, 2.45) is 11.8 Å². The summed E-state index contributed by atoms with van der Waals surface area (Å²) < 4.78 is 65.0. The van der Waals surface area contributed by atoms with E-state index < -0.39 is 35.1 Å². The van der Waals surface area contributed by atoms with E-state index >= 15 is 0 Å². The highest BCUT2D eigenvalue weighted by Crippen LogP contribution is 2.48. The molecule has 3 fully saturated rings. The van der Waals surface area contributed by atoms with Crippen LogP contribution in [-0.2, 0) is 14.9 Å². The standard InChI is InChI=1S/C27H31F4N7O4/c1-14-19(38-42-37-14)23(39)35-20(15-4-6-26(28,29)7-5-15)22-33-17-2-3-18(34-21(17)36-22)25(8-10-41-11-9-25)24(40)32-13-16-12-27(16,30)31/h2-3,15-16,20H,4-13H2,1H3,(H,32,40)(H,35,39)(H,33,34,36)/t16?,20-/m0/s1. The van der Waals surface area contributed by atoms with Crippen molar-refractivity contribution < 1.29 is 36.5 Å². The van der Waals surface area contributed by atoms with Gasteiger partial charge in [0.1, 0.15) is 11.5 Å². The Labute approximate surface area is 237 Å². The molecule has 2 amide bonds. The fourth-order valence-electron chi connectivity index (χ4n) is 5.97. The van der Waals surface area contributed by atoms with Crippen LogP contribution in [-0.4, -0.2) is 68.7 Å². The lowest BCUT2D eigenvalue weighted by Crippen LogP contribution is -2.49. The molecule has 226 valence electrons. The summed E-state index contributed by atoms with van der Waals surface area (Å²) in [6.07, 6.45) is 0.0751. The lowest BCUT2D eigenvalue weighted by atomic mass is 9.76. The van der Waals surface area contributed by atoms with E-state index in [1.165, 1.54) is 0 Å². The first-order chi connectivity index (χ1) is 20.0. The molecule has 42 heavy (non-hydrogen) atoms. The first kappa shape index (κ1) is 28.5. The minimum atomic E-state index is -2.77. The van der Waals surface area contributed by atoms with Crippen LogP contribution in [0.3, 0.4) is 0 Å². The Morgan fingerprint density at radius 1 is 1.07 bits per heavy atom. The number of hydrogen-bond donors (Lipinski definition) is 3. The maximum atomic E-state index is 14.0. The topological polar surface area (TPSA) is 148 Å². The molecule has 0 aromatic carbocycles. The summed E-state index contributed by atoms with van der Waals surface area (Å²) in [6, 6.07) is 2.65. The first-order valence-corrected chi connectivity index (χ1v) is 14.1. The van der Waals surface area contributed by atoms with Crippen molar-refractivity contribution in [3.05, 3.63) is 35.0 Å². The van der Waals surface area contributed by atoms with Gasteiger partial charge in [-0.1, -0.05) is 5.16 Å². The van der Waals surface area contributed by atoms with Crippen LogP contribution in [0.4, 0.5) is 17.6 Å². The van der Waals surface area contributed by atoms with Gasteiger partial charge in [0, 0.05) is 44.9 Å².